The van der Waals surface area contributed by atoms with E-state index in [0.29, 0.717) is 16.7 Å². The van der Waals surface area contributed by atoms with Gasteiger partial charge in [0.1, 0.15) is 5.75 Å². The average molecular weight is 263 g/mol. The van der Waals surface area contributed by atoms with Crippen molar-refractivity contribution in [3.8, 4) is 16.9 Å². The number of primary amides is 1. The zero-order valence-electron chi connectivity index (χ0n) is 10.7. The van der Waals surface area contributed by atoms with Crippen LogP contribution in [0.15, 0.2) is 60.7 Å². The smallest absolute Gasteiger partial charge is 0.249 e. The molecule has 3 N–H and O–H groups in total. The van der Waals surface area contributed by atoms with Gasteiger partial charge in [-0.3, -0.25) is 4.79 Å². The molecule has 0 spiro atoms. The Balaban J connectivity index is 2.29. The molecule has 20 heavy (non-hydrogen) atoms. The van der Waals surface area contributed by atoms with E-state index >= 15 is 0 Å². The highest BCUT2D eigenvalue weighted by Gasteiger charge is 2.13. The molecule has 3 aromatic rings. The topological polar surface area (TPSA) is 63.3 Å². The number of aromatic hydroxyl groups is 1. The SMILES string of the molecule is NC(=O)c1ccccc1-c1cc2ccccc2cc1O. The van der Waals surface area contributed by atoms with Crippen LogP contribution in [0.2, 0.25) is 0 Å². The minimum atomic E-state index is -0.506. The standard InChI is InChI=1S/C17H13NO2/c18-17(20)14-8-4-3-7-13(14)15-9-11-5-1-2-6-12(11)10-16(15)19/h1-10,19H,(H2,18,20). The number of phenolic OH excluding ortho intramolecular Hbond substituents is 1. The minimum Gasteiger partial charge on any atom is -0.507 e. The molecule has 3 rings (SSSR count). The second-order valence-corrected chi connectivity index (χ2v) is 4.63. The van der Waals surface area contributed by atoms with Gasteiger partial charge in [-0.1, -0.05) is 42.5 Å². The largest absolute Gasteiger partial charge is 0.507 e. The molecule has 0 bridgehead atoms. The summed E-state index contributed by atoms with van der Waals surface area (Å²) < 4.78 is 0. The molecule has 0 aliphatic rings. The molecular weight excluding hydrogens is 250 g/mol. The first-order valence-electron chi connectivity index (χ1n) is 6.28. The van der Waals surface area contributed by atoms with Crippen molar-refractivity contribution < 1.29 is 9.90 Å². The Morgan fingerprint density at radius 1 is 0.850 bits per heavy atom. The molecule has 1 amide bonds. The minimum absolute atomic E-state index is 0.136. The maximum absolute atomic E-state index is 11.5. The van der Waals surface area contributed by atoms with E-state index in [0.717, 1.165) is 10.8 Å². The Morgan fingerprint density at radius 2 is 1.45 bits per heavy atom. The monoisotopic (exact) mass is 263 g/mol. The summed E-state index contributed by atoms with van der Waals surface area (Å²) >= 11 is 0. The van der Waals surface area contributed by atoms with Crippen molar-refractivity contribution in [3.05, 3.63) is 66.2 Å². The van der Waals surface area contributed by atoms with Gasteiger partial charge in [-0.2, -0.15) is 0 Å². The fraction of sp³-hybridized carbons (Fsp3) is 0. The summed E-state index contributed by atoms with van der Waals surface area (Å²) in [4.78, 5) is 11.5. The average Bonchev–Trinajstić information content (AvgIpc) is 2.46. The number of carbonyl (C=O) groups is 1. The quantitative estimate of drug-likeness (QED) is 0.745. The summed E-state index contributed by atoms with van der Waals surface area (Å²) in [7, 11) is 0. The van der Waals surface area contributed by atoms with Gasteiger partial charge in [0, 0.05) is 11.1 Å². The third kappa shape index (κ3) is 1.99. The lowest BCUT2D eigenvalue weighted by atomic mass is 9.96. The van der Waals surface area contributed by atoms with E-state index in [1.165, 1.54) is 0 Å². The number of hydrogen-bond acceptors (Lipinski definition) is 2. The van der Waals surface area contributed by atoms with Crippen molar-refractivity contribution in [2.45, 2.75) is 0 Å². The third-order valence-electron chi connectivity index (χ3n) is 3.35. The molecule has 0 radical (unpaired) electrons. The molecule has 0 atom stereocenters. The van der Waals surface area contributed by atoms with Gasteiger partial charge in [-0.25, -0.2) is 0 Å². The molecule has 3 heteroatoms. The van der Waals surface area contributed by atoms with Gasteiger partial charge in [0.25, 0.3) is 0 Å². The second kappa shape index (κ2) is 4.70. The van der Waals surface area contributed by atoms with E-state index in [2.05, 4.69) is 0 Å². The van der Waals surface area contributed by atoms with Crippen LogP contribution < -0.4 is 5.73 Å². The van der Waals surface area contributed by atoms with Crippen molar-refractivity contribution in [1.82, 2.24) is 0 Å². The second-order valence-electron chi connectivity index (χ2n) is 4.63. The number of carbonyl (C=O) groups excluding carboxylic acids is 1. The van der Waals surface area contributed by atoms with Crippen LogP contribution in [0, 0.1) is 0 Å². The Morgan fingerprint density at radius 3 is 2.15 bits per heavy atom. The lowest BCUT2D eigenvalue weighted by Gasteiger charge is -2.10. The summed E-state index contributed by atoms with van der Waals surface area (Å²) in [5.41, 5.74) is 7.05. The first kappa shape index (κ1) is 12.2. The van der Waals surface area contributed by atoms with Crippen molar-refractivity contribution in [2.24, 2.45) is 5.73 Å². The Bertz CT molecular complexity index is 809. The molecule has 0 saturated heterocycles. The van der Waals surface area contributed by atoms with E-state index < -0.39 is 5.91 Å². The molecule has 0 saturated carbocycles. The molecule has 0 unspecified atom stereocenters. The lowest BCUT2D eigenvalue weighted by molar-refractivity contribution is 0.100. The first-order chi connectivity index (χ1) is 9.66. The van der Waals surface area contributed by atoms with Crippen molar-refractivity contribution in [3.63, 3.8) is 0 Å². The molecule has 0 aliphatic heterocycles. The molecule has 3 nitrogen and oxygen atoms in total. The Labute approximate surface area is 116 Å². The Hall–Kier alpha value is -2.81. The number of phenols is 1. The van der Waals surface area contributed by atoms with Gasteiger partial charge >= 0.3 is 0 Å². The maximum atomic E-state index is 11.5. The van der Waals surface area contributed by atoms with Crippen LogP contribution in [0.5, 0.6) is 5.75 Å². The summed E-state index contributed by atoms with van der Waals surface area (Å²) in [6, 6.07) is 18.3. The Kier molecular flexibility index (Phi) is 2.88. The van der Waals surface area contributed by atoms with E-state index in [1.54, 1.807) is 24.3 Å². The van der Waals surface area contributed by atoms with Gasteiger partial charge in [-0.05, 0) is 34.5 Å². The van der Waals surface area contributed by atoms with Gasteiger partial charge in [0.2, 0.25) is 5.91 Å². The van der Waals surface area contributed by atoms with Gasteiger partial charge in [0.05, 0.1) is 0 Å². The molecule has 0 aromatic heterocycles. The predicted octanol–water partition coefficient (Wildman–Crippen LogP) is 3.31. The summed E-state index contributed by atoms with van der Waals surface area (Å²) in [6.07, 6.45) is 0. The van der Waals surface area contributed by atoms with Gasteiger partial charge in [-0.15, -0.1) is 0 Å². The molecular formula is C17H13NO2. The van der Waals surface area contributed by atoms with Crippen LogP contribution in [-0.4, -0.2) is 11.0 Å². The van der Waals surface area contributed by atoms with Crippen LogP contribution in [-0.2, 0) is 0 Å². The van der Waals surface area contributed by atoms with Crippen molar-refractivity contribution in [2.75, 3.05) is 0 Å². The number of rotatable bonds is 2. The van der Waals surface area contributed by atoms with Crippen LogP contribution >= 0.6 is 0 Å². The van der Waals surface area contributed by atoms with E-state index in [9.17, 15) is 9.90 Å². The van der Waals surface area contributed by atoms with Crippen LogP contribution in [0.3, 0.4) is 0 Å². The molecule has 0 aliphatic carbocycles. The number of benzene rings is 3. The third-order valence-corrected chi connectivity index (χ3v) is 3.35. The fourth-order valence-corrected chi connectivity index (χ4v) is 2.38. The van der Waals surface area contributed by atoms with E-state index in [1.807, 2.05) is 36.4 Å². The number of hydrogen-bond donors (Lipinski definition) is 2. The molecule has 3 aromatic carbocycles. The van der Waals surface area contributed by atoms with Gasteiger partial charge in [0.15, 0.2) is 0 Å². The number of amides is 1. The lowest BCUT2D eigenvalue weighted by Crippen LogP contribution is -2.12. The van der Waals surface area contributed by atoms with Crippen molar-refractivity contribution in [1.29, 1.82) is 0 Å². The highest BCUT2D eigenvalue weighted by Crippen LogP contribution is 2.35. The predicted molar refractivity (Wildman–Crippen MR) is 79.6 cm³/mol. The van der Waals surface area contributed by atoms with Crippen LogP contribution in [0.4, 0.5) is 0 Å². The number of fused-ring (bicyclic) bond motifs is 1. The van der Waals surface area contributed by atoms with Crippen LogP contribution in [0.1, 0.15) is 10.4 Å². The molecule has 0 heterocycles. The summed E-state index contributed by atoms with van der Waals surface area (Å²) in [6.45, 7) is 0. The van der Waals surface area contributed by atoms with Crippen molar-refractivity contribution >= 4 is 16.7 Å². The maximum Gasteiger partial charge on any atom is 0.249 e. The van der Waals surface area contributed by atoms with Gasteiger partial charge < -0.3 is 10.8 Å². The highest BCUT2D eigenvalue weighted by molar-refractivity contribution is 6.02. The van der Waals surface area contributed by atoms with E-state index in [-0.39, 0.29) is 5.75 Å². The normalized spacial score (nSPS) is 10.6. The highest BCUT2D eigenvalue weighted by atomic mass is 16.3. The number of nitrogens with two attached hydrogens (primary N) is 1. The zero-order chi connectivity index (χ0) is 14.1. The van der Waals surface area contributed by atoms with E-state index in [4.69, 9.17) is 5.73 Å². The summed E-state index contributed by atoms with van der Waals surface area (Å²) in [5, 5.41) is 12.2. The zero-order valence-corrected chi connectivity index (χ0v) is 10.7. The van der Waals surface area contributed by atoms with Crippen LogP contribution in [0.25, 0.3) is 21.9 Å². The molecule has 98 valence electrons. The fourth-order valence-electron chi connectivity index (χ4n) is 2.38. The molecule has 0 fully saturated rings. The summed E-state index contributed by atoms with van der Waals surface area (Å²) in [5.74, 6) is -0.370. The first-order valence-corrected chi connectivity index (χ1v) is 6.28.